The Morgan fingerprint density at radius 1 is 1.42 bits per heavy atom. The average Bonchev–Trinajstić information content (AvgIpc) is 2.16. The molecule has 0 spiro atoms. The van der Waals surface area contributed by atoms with Gasteiger partial charge in [-0.3, -0.25) is 0 Å². The number of rotatable bonds is 3. The fourth-order valence-corrected chi connectivity index (χ4v) is 2.41. The van der Waals surface area contributed by atoms with Crippen LogP contribution >= 0.6 is 11.6 Å². The van der Waals surface area contributed by atoms with Crippen LogP contribution in [0.3, 0.4) is 0 Å². The molecular formula is C10H19ClO. The molecular weight excluding hydrogens is 172 g/mol. The Morgan fingerprint density at radius 2 is 2.08 bits per heavy atom. The molecule has 12 heavy (non-hydrogen) atoms. The van der Waals surface area contributed by atoms with Crippen molar-refractivity contribution in [2.75, 3.05) is 13.0 Å². The van der Waals surface area contributed by atoms with Crippen LogP contribution in [0.1, 0.15) is 32.6 Å². The van der Waals surface area contributed by atoms with Crippen LogP contribution in [0.25, 0.3) is 0 Å². The lowest BCUT2D eigenvalue weighted by atomic mass is 9.79. The highest BCUT2D eigenvalue weighted by molar-refractivity contribution is 6.18. The summed E-state index contributed by atoms with van der Waals surface area (Å²) in [5.74, 6) is 2.07. The topological polar surface area (TPSA) is 9.23 Å². The summed E-state index contributed by atoms with van der Waals surface area (Å²) in [5, 5.41) is 0. The van der Waals surface area contributed by atoms with Gasteiger partial charge in [-0.25, -0.2) is 0 Å². The first-order valence-electron chi connectivity index (χ1n) is 4.88. The molecule has 3 atom stereocenters. The molecule has 72 valence electrons. The van der Waals surface area contributed by atoms with Crippen LogP contribution in [-0.2, 0) is 4.74 Å². The van der Waals surface area contributed by atoms with Crippen LogP contribution in [0.2, 0.25) is 0 Å². The normalized spacial score (nSPS) is 33.2. The highest BCUT2D eigenvalue weighted by Gasteiger charge is 2.28. The average molecular weight is 191 g/mol. The lowest BCUT2D eigenvalue weighted by Crippen LogP contribution is -2.32. The molecule has 0 aliphatic heterocycles. The van der Waals surface area contributed by atoms with Crippen LogP contribution in [0.5, 0.6) is 0 Å². The molecule has 0 heterocycles. The maximum absolute atomic E-state index is 5.85. The zero-order valence-electron chi connectivity index (χ0n) is 8.05. The van der Waals surface area contributed by atoms with E-state index in [0.717, 1.165) is 5.88 Å². The van der Waals surface area contributed by atoms with Gasteiger partial charge in [-0.1, -0.05) is 19.8 Å². The van der Waals surface area contributed by atoms with E-state index in [1.807, 2.05) is 7.11 Å². The van der Waals surface area contributed by atoms with Crippen LogP contribution in [0.4, 0.5) is 0 Å². The van der Waals surface area contributed by atoms with Crippen LogP contribution in [0, 0.1) is 11.8 Å². The first-order valence-corrected chi connectivity index (χ1v) is 5.41. The van der Waals surface area contributed by atoms with Crippen molar-refractivity contribution in [3.8, 4) is 0 Å². The second-order valence-electron chi connectivity index (χ2n) is 3.85. The molecule has 1 rings (SSSR count). The van der Waals surface area contributed by atoms with Crippen molar-refractivity contribution in [1.29, 1.82) is 0 Å². The molecule has 1 aliphatic carbocycles. The van der Waals surface area contributed by atoms with Crippen molar-refractivity contribution >= 4 is 11.6 Å². The van der Waals surface area contributed by atoms with Gasteiger partial charge in [0.1, 0.15) is 0 Å². The highest BCUT2D eigenvalue weighted by Crippen LogP contribution is 2.32. The number of halogens is 1. The summed E-state index contributed by atoms with van der Waals surface area (Å²) in [5.41, 5.74) is 0. The van der Waals surface area contributed by atoms with E-state index in [1.54, 1.807) is 0 Å². The Bertz CT molecular complexity index is 127. The van der Waals surface area contributed by atoms with Gasteiger partial charge in [-0.2, -0.15) is 0 Å². The minimum Gasteiger partial charge on any atom is -0.381 e. The molecule has 0 bridgehead atoms. The van der Waals surface area contributed by atoms with Crippen molar-refractivity contribution in [2.45, 2.75) is 38.7 Å². The first kappa shape index (κ1) is 10.3. The van der Waals surface area contributed by atoms with Crippen LogP contribution < -0.4 is 0 Å². The van der Waals surface area contributed by atoms with Gasteiger partial charge >= 0.3 is 0 Å². The number of ether oxygens (including phenoxy) is 1. The van der Waals surface area contributed by atoms with Crippen LogP contribution in [-0.4, -0.2) is 19.1 Å². The van der Waals surface area contributed by atoms with Gasteiger partial charge in [0.2, 0.25) is 0 Å². The molecule has 0 aromatic carbocycles. The van der Waals surface area contributed by atoms with Gasteiger partial charge in [0, 0.05) is 13.0 Å². The summed E-state index contributed by atoms with van der Waals surface area (Å²) in [4.78, 5) is 0. The van der Waals surface area contributed by atoms with Gasteiger partial charge in [-0.15, -0.1) is 11.6 Å². The molecule has 2 heteroatoms. The van der Waals surface area contributed by atoms with E-state index >= 15 is 0 Å². The molecule has 0 amide bonds. The molecule has 1 aliphatic rings. The third kappa shape index (κ3) is 2.37. The second kappa shape index (κ2) is 5.08. The Labute approximate surface area is 80.4 Å². The van der Waals surface area contributed by atoms with E-state index in [0.29, 0.717) is 17.9 Å². The maximum atomic E-state index is 5.85. The Hall–Kier alpha value is 0.250. The number of methoxy groups -OCH3 is 1. The summed E-state index contributed by atoms with van der Waals surface area (Å²) in [6.45, 7) is 2.23. The summed E-state index contributed by atoms with van der Waals surface area (Å²) >= 11 is 5.85. The first-order chi connectivity index (χ1) is 5.79. The second-order valence-corrected chi connectivity index (χ2v) is 4.16. The predicted octanol–water partition coefficient (Wildman–Crippen LogP) is 3.07. The van der Waals surface area contributed by atoms with Crippen molar-refractivity contribution in [2.24, 2.45) is 11.8 Å². The van der Waals surface area contributed by atoms with Gasteiger partial charge in [0.15, 0.2) is 0 Å². The number of hydrogen-bond donors (Lipinski definition) is 0. The predicted molar refractivity (Wildman–Crippen MR) is 52.6 cm³/mol. The molecule has 1 fully saturated rings. The molecule has 0 N–H and O–H groups in total. The van der Waals surface area contributed by atoms with E-state index in [2.05, 4.69) is 6.92 Å². The Morgan fingerprint density at radius 3 is 2.67 bits per heavy atom. The molecule has 0 aromatic heterocycles. The fraction of sp³-hybridized carbons (Fsp3) is 1.00. The number of alkyl halides is 1. The fourth-order valence-electron chi connectivity index (χ4n) is 2.18. The molecule has 0 saturated heterocycles. The van der Waals surface area contributed by atoms with Gasteiger partial charge < -0.3 is 4.74 Å². The smallest absolute Gasteiger partial charge is 0.0602 e. The molecule has 0 aromatic rings. The SMILES string of the molecule is COC1CCCCC1C(C)CCl. The van der Waals surface area contributed by atoms with Crippen LogP contribution in [0.15, 0.2) is 0 Å². The summed E-state index contributed by atoms with van der Waals surface area (Å²) in [6, 6.07) is 0. The van der Waals surface area contributed by atoms with Gasteiger partial charge in [-0.05, 0) is 24.7 Å². The minimum atomic E-state index is 0.465. The van der Waals surface area contributed by atoms with Gasteiger partial charge in [0.05, 0.1) is 6.10 Å². The van der Waals surface area contributed by atoms with E-state index in [9.17, 15) is 0 Å². The van der Waals surface area contributed by atoms with Crippen molar-refractivity contribution in [3.05, 3.63) is 0 Å². The summed E-state index contributed by atoms with van der Waals surface area (Å²) in [6.07, 6.45) is 5.66. The van der Waals surface area contributed by atoms with E-state index in [4.69, 9.17) is 16.3 Å². The largest absolute Gasteiger partial charge is 0.381 e. The van der Waals surface area contributed by atoms with Crippen molar-refractivity contribution < 1.29 is 4.74 Å². The third-order valence-electron chi connectivity index (χ3n) is 3.03. The van der Waals surface area contributed by atoms with E-state index in [1.165, 1.54) is 25.7 Å². The molecule has 1 nitrogen and oxygen atoms in total. The third-order valence-corrected chi connectivity index (χ3v) is 3.52. The van der Waals surface area contributed by atoms with E-state index in [-0.39, 0.29) is 0 Å². The Kier molecular flexibility index (Phi) is 4.38. The monoisotopic (exact) mass is 190 g/mol. The van der Waals surface area contributed by atoms with E-state index < -0.39 is 0 Å². The summed E-state index contributed by atoms with van der Waals surface area (Å²) < 4.78 is 5.47. The minimum absolute atomic E-state index is 0.465. The van der Waals surface area contributed by atoms with Gasteiger partial charge in [0.25, 0.3) is 0 Å². The quantitative estimate of drug-likeness (QED) is 0.622. The lowest BCUT2D eigenvalue weighted by Gasteiger charge is -2.33. The van der Waals surface area contributed by atoms with Crippen molar-refractivity contribution in [1.82, 2.24) is 0 Å². The van der Waals surface area contributed by atoms with Crippen molar-refractivity contribution in [3.63, 3.8) is 0 Å². The lowest BCUT2D eigenvalue weighted by molar-refractivity contribution is 0.00585. The zero-order valence-corrected chi connectivity index (χ0v) is 8.81. The Balaban J connectivity index is 2.46. The molecule has 1 saturated carbocycles. The zero-order chi connectivity index (χ0) is 8.97. The number of hydrogen-bond acceptors (Lipinski definition) is 1. The maximum Gasteiger partial charge on any atom is 0.0602 e. The molecule has 0 radical (unpaired) electrons. The standard InChI is InChI=1S/C10H19ClO/c1-8(7-11)9-5-3-4-6-10(9)12-2/h8-10H,3-7H2,1-2H3. The summed E-state index contributed by atoms with van der Waals surface area (Å²) in [7, 11) is 1.82. The highest BCUT2D eigenvalue weighted by atomic mass is 35.5. The molecule has 3 unspecified atom stereocenters.